The molecule has 0 nitrogen and oxygen atoms in total. The highest BCUT2D eigenvalue weighted by Crippen LogP contribution is 2.04. The summed E-state index contributed by atoms with van der Waals surface area (Å²) in [6, 6.07) is 6.97. The molecule has 1 aromatic rings. The molecular formula is C12H21Si3-. The van der Waals surface area contributed by atoms with Crippen LogP contribution in [0.2, 0.25) is 39.3 Å². The van der Waals surface area contributed by atoms with Gasteiger partial charge in [-0.15, -0.1) is 0 Å². The highest BCUT2D eigenvalue weighted by Gasteiger charge is 2.20. The summed E-state index contributed by atoms with van der Waals surface area (Å²) in [4.78, 5) is 0. The van der Waals surface area contributed by atoms with Crippen molar-refractivity contribution < 1.29 is 0 Å². The van der Waals surface area contributed by atoms with Gasteiger partial charge in [0.2, 0.25) is 0 Å². The van der Waals surface area contributed by atoms with Crippen molar-refractivity contribution in [2.24, 2.45) is 0 Å². The maximum atomic E-state index is 3.74. The molecule has 0 aliphatic rings. The van der Waals surface area contributed by atoms with Crippen LogP contribution in [0.4, 0.5) is 0 Å². The second kappa shape index (κ2) is 4.03. The van der Waals surface area contributed by atoms with Gasteiger partial charge in [-0.1, -0.05) is 67.9 Å². The maximum absolute atomic E-state index is 3.74. The summed E-state index contributed by atoms with van der Waals surface area (Å²) in [5.74, 6) is 0. The van der Waals surface area contributed by atoms with Crippen molar-refractivity contribution in [2.45, 2.75) is 39.3 Å². The largest absolute Gasteiger partial charge is 0.652 e. The molecule has 0 atom stereocenters. The molecule has 0 bridgehead atoms. The molecule has 3 heteroatoms. The lowest BCUT2D eigenvalue weighted by Crippen LogP contribution is -2.51. The van der Waals surface area contributed by atoms with Crippen LogP contribution >= 0.6 is 0 Å². The Balaban J connectivity index is 3.30. The molecule has 15 heavy (non-hydrogen) atoms. The third-order valence-corrected chi connectivity index (χ3v) is 7.45. The van der Waals surface area contributed by atoms with Crippen LogP contribution in [0.25, 0.3) is 0 Å². The normalized spacial score (nSPS) is 12.9. The number of hydrogen-bond acceptors (Lipinski definition) is 0. The van der Waals surface area contributed by atoms with Crippen LogP contribution in [0, 0.1) is 0 Å². The molecule has 0 saturated heterocycles. The molecule has 82 valence electrons. The second-order valence-corrected chi connectivity index (χ2v) is 16.9. The fourth-order valence-electron chi connectivity index (χ4n) is 1.63. The first kappa shape index (κ1) is 12.9. The summed E-state index contributed by atoms with van der Waals surface area (Å²) in [6.45, 7) is 14.4. The minimum absolute atomic E-state index is 1.17. The monoisotopic (exact) mass is 249 g/mol. The molecule has 0 heterocycles. The van der Waals surface area contributed by atoms with E-state index in [0.29, 0.717) is 0 Å². The van der Waals surface area contributed by atoms with Crippen LogP contribution in [0.3, 0.4) is 0 Å². The van der Waals surface area contributed by atoms with Crippen LogP contribution in [0.1, 0.15) is 0 Å². The smallest absolute Gasteiger partial charge is 0.0775 e. The van der Waals surface area contributed by atoms with Gasteiger partial charge in [-0.3, -0.25) is 5.19 Å². The van der Waals surface area contributed by atoms with E-state index in [1.807, 2.05) is 0 Å². The van der Waals surface area contributed by atoms with Gasteiger partial charge in [0, 0.05) is 0 Å². The Hall–Kier alpha value is -0.129. The summed E-state index contributed by atoms with van der Waals surface area (Å²) in [7, 11) is 1.36. The third-order valence-electron chi connectivity index (χ3n) is 2.69. The van der Waals surface area contributed by atoms with Crippen LogP contribution in [0.15, 0.2) is 18.2 Å². The summed E-state index contributed by atoms with van der Waals surface area (Å²) in [6.07, 6.45) is 0. The van der Waals surface area contributed by atoms with Gasteiger partial charge in [0.1, 0.15) is 0 Å². The molecule has 1 aromatic carbocycles. The molecule has 0 fully saturated rings. The van der Waals surface area contributed by atoms with E-state index in [1.165, 1.54) is 5.19 Å². The molecule has 2 radical (unpaired) electrons. The molecular weight excluding hydrogens is 228 g/mol. The van der Waals surface area contributed by atoms with Gasteiger partial charge in [0.05, 0.1) is 16.1 Å². The van der Waals surface area contributed by atoms with Crippen molar-refractivity contribution in [1.82, 2.24) is 0 Å². The van der Waals surface area contributed by atoms with E-state index < -0.39 is 16.1 Å². The highest BCUT2D eigenvalue weighted by atomic mass is 28.3. The van der Waals surface area contributed by atoms with E-state index in [2.05, 4.69) is 67.7 Å². The Bertz CT molecular complexity index is 356. The first-order valence-electron chi connectivity index (χ1n) is 5.49. The Morgan fingerprint density at radius 2 is 1.40 bits per heavy atom. The minimum Gasteiger partial charge on any atom is -0.652 e. The quantitative estimate of drug-likeness (QED) is 0.698. The van der Waals surface area contributed by atoms with Crippen molar-refractivity contribution >= 4 is 42.0 Å². The summed E-state index contributed by atoms with van der Waals surface area (Å²) in [5, 5.41) is 4.41. The van der Waals surface area contributed by atoms with E-state index in [1.54, 1.807) is 10.4 Å². The number of hydrogen-bond donors (Lipinski definition) is 0. The number of rotatable bonds is 2. The summed E-state index contributed by atoms with van der Waals surface area (Å²) < 4.78 is 0. The molecule has 0 amide bonds. The van der Waals surface area contributed by atoms with E-state index >= 15 is 0 Å². The third kappa shape index (κ3) is 3.16. The molecule has 0 N–H and O–H groups in total. The predicted molar refractivity (Wildman–Crippen MR) is 77.8 cm³/mol. The average Bonchev–Trinajstić information content (AvgIpc) is 2.00. The molecule has 0 saturated carbocycles. The Morgan fingerprint density at radius 3 is 1.80 bits per heavy atom. The standard InChI is InChI=1S/C12H21Si3/c1-14(2,3)10-7-8-11(13)12(9-10)15(4,5)6/h7-9H,1-6H3/q-1. The van der Waals surface area contributed by atoms with E-state index in [4.69, 9.17) is 0 Å². The van der Waals surface area contributed by atoms with Gasteiger partial charge in [-0.05, 0) is 0 Å². The van der Waals surface area contributed by atoms with Gasteiger partial charge in [-0.2, -0.15) is 0 Å². The first-order chi connectivity index (χ1) is 6.62. The predicted octanol–water partition coefficient (Wildman–Crippen LogP) is 1.57. The molecule has 0 unspecified atom stereocenters. The lowest BCUT2D eigenvalue weighted by Gasteiger charge is -2.29. The van der Waals surface area contributed by atoms with E-state index in [-0.39, 0.29) is 0 Å². The molecule has 0 spiro atoms. The topological polar surface area (TPSA) is 0 Å². The lowest BCUT2D eigenvalue weighted by atomic mass is 10.3. The number of benzene rings is 1. The van der Waals surface area contributed by atoms with Gasteiger partial charge >= 0.3 is 0 Å². The lowest BCUT2D eigenvalue weighted by molar-refractivity contribution is 1.69. The fraction of sp³-hybridized carbons (Fsp3) is 0.500. The zero-order chi connectivity index (χ0) is 11.9. The second-order valence-electron chi connectivity index (χ2n) is 6.26. The molecule has 0 aliphatic carbocycles. The Morgan fingerprint density at radius 1 is 0.867 bits per heavy atom. The fourth-order valence-corrected chi connectivity index (χ4v) is 5.70. The van der Waals surface area contributed by atoms with Gasteiger partial charge in [0.25, 0.3) is 0 Å². The van der Waals surface area contributed by atoms with Crippen LogP contribution in [-0.2, 0) is 0 Å². The van der Waals surface area contributed by atoms with Gasteiger partial charge in [0.15, 0.2) is 0 Å². The van der Waals surface area contributed by atoms with E-state index in [9.17, 15) is 0 Å². The van der Waals surface area contributed by atoms with Crippen molar-refractivity contribution in [2.75, 3.05) is 0 Å². The Kier molecular flexibility index (Phi) is 3.48. The first-order valence-corrected chi connectivity index (χ1v) is 13.0. The molecule has 0 aromatic heterocycles. The van der Waals surface area contributed by atoms with Crippen molar-refractivity contribution in [3.05, 3.63) is 18.2 Å². The highest BCUT2D eigenvalue weighted by molar-refractivity contribution is 6.93. The van der Waals surface area contributed by atoms with Crippen LogP contribution < -0.4 is 15.6 Å². The maximum Gasteiger partial charge on any atom is 0.0775 e. The minimum atomic E-state index is -1.21. The van der Waals surface area contributed by atoms with Gasteiger partial charge in [-0.25, -0.2) is 0 Å². The van der Waals surface area contributed by atoms with Crippen molar-refractivity contribution in [3.63, 3.8) is 0 Å². The van der Waals surface area contributed by atoms with Crippen molar-refractivity contribution in [3.8, 4) is 0 Å². The summed E-state index contributed by atoms with van der Waals surface area (Å²) >= 11 is 0. The molecule has 1 rings (SSSR count). The van der Waals surface area contributed by atoms with E-state index in [0.717, 1.165) is 0 Å². The summed E-state index contributed by atoms with van der Waals surface area (Å²) in [5.41, 5.74) is 0. The zero-order valence-electron chi connectivity index (χ0n) is 10.7. The average molecular weight is 250 g/mol. The SMILES string of the molecule is C[Si](C)(C)c1ccc([Si-])c([Si](C)(C)C)c1. The molecule has 0 aliphatic heterocycles. The zero-order valence-corrected chi connectivity index (χ0v) is 13.7. The van der Waals surface area contributed by atoms with Crippen molar-refractivity contribution in [1.29, 1.82) is 0 Å². The Labute approximate surface area is 99.6 Å². The van der Waals surface area contributed by atoms with Crippen LogP contribution in [-0.4, -0.2) is 26.4 Å². The van der Waals surface area contributed by atoms with Gasteiger partial charge < -0.3 is 10.2 Å². The van der Waals surface area contributed by atoms with Crippen LogP contribution in [0.5, 0.6) is 0 Å².